The zero-order valence-corrected chi connectivity index (χ0v) is 11.0. The van der Waals surface area contributed by atoms with Gasteiger partial charge in [0.25, 0.3) is 0 Å². The first-order valence-corrected chi connectivity index (χ1v) is 6.58. The summed E-state index contributed by atoms with van der Waals surface area (Å²) in [6, 6.07) is 9.77. The second-order valence-electron chi connectivity index (χ2n) is 3.39. The first-order valence-electron chi connectivity index (χ1n) is 5.35. The third-order valence-electron chi connectivity index (χ3n) is 2.20. The van der Waals surface area contributed by atoms with E-state index in [0.29, 0.717) is 11.6 Å². The van der Waals surface area contributed by atoms with Crippen LogP contribution in [-0.2, 0) is 0 Å². The van der Waals surface area contributed by atoms with Crippen LogP contribution in [0.15, 0.2) is 41.6 Å². The first kappa shape index (κ1) is 12.5. The van der Waals surface area contributed by atoms with Crippen LogP contribution < -0.4 is 4.74 Å². The molecule has 3 nitrogen and oxygen atoms in total. The summed E-state index contributed by atoms with van der Waals surface area (Å²) < 4.78 is 5.17. The molecule has 2 rings (SSSR count). The summed E-state index contributed by atoms with van der Waals surface area (Å²) in [6.07, 6.45) is 3.59. The normalized spacial score (nSPS) is 9.44. The van der Waals surface area contributed by atoms with E-state index in [2.05, 4.69) is 21.8 Å². The van der Waals surface area contributed by atoms with Crippen LogP contribution in [0.3, 0.4) is 0 Å². The predicted molar refractivity (Wildman–Crippen MR) is 72.8 cm³/mol. The molecule has 0 bridgehead atoms. The van der Waals surface area contributed by atoms with Crippen molar-refractivity contribution in [2.24, 2.45) is 0 Å². The van der Waals surface area contributed by atoms with Gasteiger partial charge in [0.2, 0.25) is 5.88 Å². The molecule has 1 aromatic carbocycles. The molecule has 0 radical (unpaired) electrons. The molecular weight excluding hydrogens is 244 g/mol. The van der Waals surface area contributed by atoms with Gasteiger partial charge in [0.15, 0.2) is 5.03 Å². The minimum atomic E-state index is 0.516. The molecule has 0 aliphatic heterocycles. The van der Waals surface area contributed by atoms with E-state index in [1.165, 1.54) is 11.8 Å². The highest BCUT2D eigenvalue weighted by molar-refractivity contribution is 7.98. The molecular formula is C14H12N2OS. The number of hydrogen-bond acceptors (Lipinski definition) is 4. The Morgan fingerprint density at radius 1 is 1.17 bits per heavy atom. The third-order valence-corrected chi connectivity index (χ3v) is 2.87. The van der Waals surface area contributed by atoms with Crippen molar-refractivity contribution >= 4 is 11.8 Å². The van der Waals surface area contributed by atoms with Gasteiger partial charge in [0.1, 0.15) is 5.69 Å². The van der Waals surface area contributed by atoms with E-state index < -0.39 is 0 Å². The number of rotatable bonds is 2. The van der Waals surface area contributed by atoms with Crippen LogP contribution in [-0.4, -0.2) is 23.3 Å². The van der Waals surface area contributed by atoms with E-state index in [1.807, 2.05) is 36.6 Å². The van der Waals surface area contributed by atoms with Gasteiger partial charge in [0, 0.05) is 5.56 Å². The summed E-state index contributed by atoms with van der Waals surface area (Å²) in [4.78, 5) is 8.55. The lowest BCUT2D eigenvalue weighted by Gasteiger charge is -2.03. The standard InChI is InChI=1S/C14H12N2OS/c1-17-13-14(18-2)15-10-12(16-13)9-8-11-6-4-3-5-7-11/h3-7,10H,1-2H3. The molecule has 0 aliphatic rings. The van der Waals surface area contributed by atoms with Crippen LogP contribution >= 0.6 is 11.8 Å². The van der Waals surface area contributed by atoms with Gasteiger partial charge in [-0.3, -0.25) is 0 Å². The SMILES string of the molecule is COc1nc(C#Cc2ccccc2)cnc1SC. The summed E-state index contributed by atoms with van der Waals surface area (Å²) in [7, 11) is 1.58. The van der Waals surface area contributed by atoms with Crippen LogP contribution in [0, 0.1) is 11.8 Å². The number of hydrogen-bond donors (Lipinski definition) is 0. The highest BCUT2D eigenvalue weighted by Gasteiger charge is 2.05. The van der Waals surface area contributed by atoms with Crippen molar-refractivity contribution in [3.05, 3.63) is 47.8 Å². The van der Waals surface area contributed by atoms with Crippen molar-refractivity contribution in [1.82, 2.24) is 9.97 Å². The molecule has 18 heavy (non-hydrogen) atoms. The second-order valence-corrected chi connectivity index (χ2v) is 4.18. The Hall–Kier alpha value is -1.99. The Balaban J connectivity index is 2.28. The smallest absolute Gasteiger partial charge is 0.247 e. The average molecular weight is 256 g/mol. The van der Waals surface area contributed by atoms with Gasteiger partial charge in [-0.25, -0.2) is 9.97 Å². The predicted octanol–water partition coefficient (Wildman–Crippen LogP) is 2.61. The van der Waals surface area contributed by atoms with Crippen LogP contribution in [0.2, 0.25) is 0 Å². The zero-order valence-electron chi connectivity index (χ0n) is 10.2. The second kappa shape index (κ2) is 6.08. The monoisotopic (exact) mass is 256 g/mol. The number of aromatic nitrogens is 2. The fourth-order valence-electron chi connectivity index (χ4n) is 1.35. The van der Waals surface area contributed by atoms with E-state index in [9.17, 15) is 0 Å². The van der Waals surface area contributed by atoms with Gasteiger partial charge in [-0.15, -0.1) is 11.8 Å². The van der Waals surface area contributed by atoms with Crippen molar-refractivity contribution in [3.63, 3.8) is 0 Å². The summed E-state index contributed by atoms with van der Waals surface area (Å²) in [5, 5.41) is 0.766. The third kappa shape index (κ3) is 3.02. The number of ether oxygens (including phenoxy) is 1. The van der Waals surface area contributed by atoms with Gasteiger partial charge in [-0.05, 0) is 24.3 Å². The maximum atomic E-state index is 5.17. The van der Waals surface area contributed by atoms with Crippen molar-refractivity contribution in [1.29, 1.82) is 0 Å². The maximum absolute atomic E-state index is 5.17. The maximum Gasteiger partial charge on any atom is 0.247 e. The molecule has 0 saturated carbocycles. The molecule has 1 aromatic heterocycles. The van der Waals surface area contributed by atoms with Crippen LogP contribution in [0.25, 0.3) is 0 Å². The molecule has 0 N–H and O–H groups in total. The molecule has 0 aliphatic carbocycles. The summed E-state index contributed by atoms with van der Waals surface area (Å²) >= 11 is 1.50. The fraction of sp³-hybridized carbons (Fsp3) is 0.143. The summed E-state index contributed by atoms with van der Waals surface area (Å²) in [6.45, 7) is 0. The molecule has 90 valence electrons. The highest BCUT2D eigenvalue weighted by atomic mass is 32.2. The lowest BCUT2D eigenvalue weighted by Crippen LogP contribution is -1.95. The van der Waals surface area contributed by atoms with E-state index in [4.69, 9.17) is 4.74 Å². The number of methoxy groups -OCH3 is 1. The Bertz CT molecular complexity index is 588. The van der Waals surface area contributed by atoms with Crippen molar-refractivity contribution < 1.29 is 4.74 Å². The Morgan fingerprint density at radius 3 is 2.61 bits per heavy atom. The van der Waals surface area contributed by atoms with E-state index in [0.717, 1.165) is 10.6 Å². The molecule has 1 heterocycles. The average Bonchev–Trinajstić information content (AvgIpc) is 2.45. The van der Waals surface area contributed by atoms with Crippen LogP contribution in [0.5, 0.6) is 5.88 Å². The van der Waals surface area contributed by atoms with E-state index >= 15 is 0 Å². The number of thioether (sulfide) groups is 1. The van der Waals surface area contributed by atoms with Crippen molar-refractivity contribution in [2.75, 3.05) is 13.4 Å². The Labute approximate surface area is 111 Å². The highest BCUT2D eigenvalue weighted by Crippen LogP contribution is 2.21. The summed E-state index contributed by atoms with van der Waals surface area (Å²) in [5.41, 5.74) is 1.56. The molecule has 0 spiro atoms. The van der Waals surface area contributed by atoms with E-state index in [1.54, 1.807) is 13.3 Å². The minimum Gasteiger partial charge on any atom is -0.479 e. The van der Waals surface area contributed by atoms with Gasteiger partial charge in [0.05, 0.1) is 13.3 Å². The molecule has 0 amide bonds. The lowest BCUT2D eigenvalue weighted by molar-refractivity contribution is 0.382. The van der Waals surface area contributed by atoms with Gasteiger partial charge in [-0.1, -0.05) is 24.1 Å². The molecule has 0 saturated heterocycles. The van der Waals surface area contributed by atoms with Crippen molar-refractivity contribution in [2.45, 2.75) is 5.03 Å². The molecule has 0 fully saturated rings. The minimum absolute atomic E-state index is 0.516. The summed E-state index contributed by atoms with van der Waals surface area (Å²) in [5.74, 6) is 6.53. The van der Waals surface area contributed by atoms with E-state index in [-0.39, 0.29) is 0 Å². The first-order chi connectivity index (χ1) is 8.83. The topological polar surface area (TPSA) is 35.0 Å². The van der Waals surface area contributed by atoms with Gasteiger partial charge < -0.3 is 4.74 Å². The number of benzene rings is 1. The quantitative estimate of drug-likeness (QED) is 0.611. The Morgan fingerprint density at radius 2 is 1.94 bits per heavy atom. The van der Waals surface area contributed by atoms with Crippen molar-refractivity contribution in [3.8, 4) is 17.7 Å². The largest absolute Gasteiger partial charge is 0.479 e. The molecule has 4 heteroatoms. The number of nitrogens with zero attached hydrogens (tertiary/aromatic N) is 2. The fourth-order valence-corrected chi connectivity index (χ4v) is 1.81. The lowest BCUT2D eigenvalue weighted by atomic mass is 10.2. The van der Waals surface area contributed by atoms with Gasteiger partial charge in [-0.2, -0.15) is 0 Å². The zero-order chi connectivity index (χ0) is 12.8. The molecule has 2 aromatic rings. The van der Waals surface area contributed by atoms with Crippen LogP contribution in [0.4, 0.5) is 0 Å². The molecule has 0 unspecified atom stereocenters. The van der Waals surface area contributed by atoms with Crippen LogP contribution in [0.1, 0.15) is 11.3 Å². The molecule has 0 atom stereocenters. The Kier molecular flexibility index (Phi) is 4.21. The van der Waals surface area contributed by atoms with Gasteiger partial charge >= 0.3 is 0 Å².